The molecule has 0 bridgehead atoms. The van der Waals surface area contributed by atoms with Gasteiger partial charge in [-0.15, -0.1) is 0 Å². The van der Waals surface area contributed by atoms with Gasteiger partial charge in [0.2, 0.25) is 5.91 Å². The van der Waals surface area contributed by atoms with E-state index in [1.165, 1.54) is 4.90 Å². The van der Waals surface area contributed by atoms with Gasteiger partial charge in [0.25, 0.3) is 5.91 Å². The number of nitrogens with zero attached hydrogens (tertiary/aromatic N) is 2. The molecular weight excluding hydrogens is 314 g/mol. The Morgan fingerprint density at radius 3 is 2.56 bits per heavy atom. The van der Waals surface area contributed by atoms with Crippen LogP contribution in [0.1, 0.15) is 25.0 Å². The number of aliphatic imine (C=N–C) groups is 1. The monoisotopic (exact) mass is 335 g/mol. The number of para-hydroxylation sites is 1. The van der Waals surface area contributed by atoms with Crippen LogP contribution in [-0.2, 0) is 16.1 Å². The molecule has 0 radical (unpaired) electrons. The lowest BCUT2D eigenvalue weighted by molar-refractivity contribution is -0.124. The van der Waals surface area contributed by atoms with E-state index >= 15 is 0 Å². The first kappa shape index (κ1) is 16.9. The van der Waals surface area contributed by atoms with Crippen molar-refractivity contribution < 1.29 is 9.59 Å². The SMILES string of the molecule is CC1=N[C@H](C)C(=O)N(CC(=O)NCc2ccccc2)c2ccccc21. The van der Waals surface area contributed by atoms with Gasteiger partial charge in [0, 0.05) is 17.8 Å². The number of benzodiazepines with no additional fused rings is 1. The van der Waals surface area contributed by atoms with Gasteiger partial charge in [0.05, 0.1) is 5.69 Å². The number of carbonyl (C=O) groups is 2. The topological polar surface area (TPSA) is 61.8 Å². The predicted molar refractivity (Wildman–Crippen MR) is 98.8 cm³/mol. The summed E-state index contributed by atoms with van der Waals surface area (Å²) in [7, 11) is 0. The molecule has 3 rings (SSSR count). The van der Waals surface area contributed by atoms with Crippen LogP contribution in [0.5, 0.6) is 0 Å². The van der Waals surface area contributed by atoms with Crippen LogP contribution < -0.4 is 10.2 Å². The number of rotatable bonds is 4. The summed E-state index contributed by atoms with van der Waals surface area (Å²) in [6.45, 7) is 4.07. The number of anilines is 1. The Morgan fingerprint density at radius 1 is 1.12 bits per heavy atom. The van der Waals surface area contributed by atoms with Gasteiger partial charge in [-0.3, -0.25) is 14.6 Å². The van der Waals surface area contributed by atoms with Crippen molar-refractivity contribution >= 4 is 23.2 Å². The summed E-state index contributed by atoms with van der Waals surface area (Å²) in [5.41, 5.74) is 3.44. The summed E-state index contributed by atoms with van der Waals surface area (Å²) in [5.74, 6) is -0.363. The molecule has 0 saturated carbocycles. The van der Waals surface area contributed by atoms with Gasteiger partial charge in [-0.05, 0) is 25.5 Å². The number of hydrogen-bond acceptors (Lipinski definition) is 3. The summed E-state index contributed by atoms with van der Waals surface area (Å²) in [6, 6.07) is 16.7. The number of carbonyl (C=O) groups excluding carboxylic acids is 2. The van der Waals surface area contributed by atoms with E-state index in [9.17, 15) is 9.59 Å². The van der Waals surface area contributed by atoms with Crippen LogP contribution in [0.25, 0.3) is 0 Å². The quantitative estimate of drug-likeness (QED) is 0.933. The maximum absolute atomic E-state index is 12.7. The molecule has 2 aromatic rings. The third-order valence-corrected chi connectivity index (χ3v) is 4.23. The van der Waals surface area contributed by atoms with Crippen molar-refractivity contribution in [2.24, 2.45) is 4.99 Å². The normalized spacial score (nSPS) is 16.7. The van der Waals surface area contributed by atoms with Crippen molar-refractivity contribution in [1.29, 1.82) is 0 Å². The van der Waals surface area contributed by atoms with E-state index in [1.807, 2.05) is 61.5 Å². The van der Waals surface area contributed by atoms with Crippen LogP contribution in [0.15, 0.2) is 59.6 Å². The number of nitrogens with one attached hydrogen (secondary N) is 1. The predicted octanol–water partition coefficient (Wildman–Crippen LogP) is 2.55. The third kappa shape index (κ3) is 3.76. The van der Waals surface area contributed by atoms with Crippen molar-refractivity contribution in [2.45, 2.75) is 26.4 Å². The third-order valence-electron chi connectivity index (χ3n) is 4.23. The minimum Gasteiger partial charge on any atom is -0.350 e. The standard InChI is InChI=1S/C20H21N3O2/c1-14-17-10-6-7-11-18(17)23(20(25)15(2)22-14)13-19(24)21-12-16-8-4-3-5-9-16/h3-11,15H,12-13H2,1-2H3,(H,21,24)/t15-/m1/s1. The molecule has 2 aromatic carbocycles. The molecule has 5 nitrogen and oxygen atoms in total. The van der Waals surface area contributed by atoms with E-state index in [0.29, 0.717) is 6.54 Å². The van der Waals surface area contributed by atoms with Crippen molar-refractivity contribution in [3.63, 3.8) is 0 Å². The van der Waals surface area contributed by atoms with E-state index in [4.69, 9.17) is 0 Å². The fourth-order valence-electron chi connectivity index (χ4n) is 2.93. The summed E-state index contributed by atoms with van der Waals surface area (Å²) in [4.78, 5) is 31.1. The largest absolute Gasteiger partial charge is 0.350 e. The average molecular weight is 335 g/mol. The summed E-state index contributed by atoms with van der Waals surface area (Å²) in [6.07, 6.45) is 0. The minimum atomic E-state index is -0.505. The Kier molecular flexibility index (Phi) is 4.93. The molecule has 0 unspecified atom stereocenters. The highest BCUT2D eigenvalue weighted by Gasteiger charge is 2.28. The Balaban J connectivity index is 1.77. The van der Waals surface area contributed by atoms with Crippen LogP contribution in [-0.4, -0.2) is 30.1 Å². The highest BCUT2D eigenvalue weighted by molar-refractivity contribution is 6.13. The highest BCUT2D eigenvalue weighted by Crippen LogP contribution is 2.25. The molecule has 1 aliphatic heterocycles. The van der Waals surface area contributed by atoms with Crippen LogP contribution in [0.4, 0.5) is 5.69 Å². The molecular formula is C20H21N3O2. The van der Waals surface area contributed by atoms with Gasteiger partial charge in [-0.25, -0.2) is 0 Å². The van der Waals surface area contributed by atoms with Gasteiger partial charge >= 0.3 is 0 Å². The molecule has 0 aliphatic carbocycles. The Hall–Kier alpha value is -2.95. The number of amides is 2. The van der Waals surface area contributed by atoms with Crippen LogP contribution >= 0.6 is 0 Å². The molecule has 0 fully saturated rings. The Labute approximate surface area is 147 Å². The van der Waals surface area contributed by atoms with E-state index in [-0.39, 0.29) is 18.4 Å². The molecule has 25 heavy (non-hydrogen) atoms. The Bertz CT molecular complexity index is 815. The first-order valence-corrected chi connectivity index (χ1v) is 8.32. The maximum Gasteiger partial charge on any atom is 0.251 e. The molecule has 128 valence electrons. The summed E-state index contributed by atoms with van der Waals surface area (Å²) >= 11 is 0. The van der Waals surface area contributed by atoms with Crippen molar-refractivity contribution in [1.82, 2.24) is 5.32 Å². The maximum atomic E-state index is 12.7. The van der Waals surface area contributed by atoms with Crippen LogP contribution in [0.2, 0.25) is 0 Å². The summed E-state index contributed by atoms with van der Waals surface area (Å²) in [5, 5.41) is 2.87. The van der Waals surface area contributed by atoms with E-state index in [1.54, 1.807) is 6.92 Å². The second kappa shape index (κ2) is 7.30. The lowest BCUT2D eigenvalue weighted by atomic mass is 10.1. The van der Waals surface area contributed by atoms with Crippen molar-refractivity contribution in [2.75, 3.05) is 11.4 Å². The zero-order valence-electron chi connectivity index (χ0n) is 14.4. The smallest absolute Gasteiger partial charge is 0.251 e. The molecule has 2 amide bonds. The Morgan fingerprint density at radius 2 is 1.80 bits per heavy atom. The second-order valence-electron chi connectivity index (χ2n) is 6.09. The molecule has 1 heterocycles. The van der Waals surface area contributed by atoms with Gasteiger partial charge in [-0.1, -0.05) is 48.5 Å². The molecule has 0 aromatic heterocycles. The number of benzene rings is 2. The van der Waals surface area contributed by atoms with Gasteiger partial charge in [0.1, 0.15) is 12.6 Å². The van der Waals surface area contributed by atoms with Gasteiger partial charge < -0.3 is 10.2 Å². The number of hydrogen-bond donors (Lipinski definition) is 1. The second-order valence-corrected chi connectivity index (χ2v) is 6.09. The lowest BCUT2D eigenvalue weighted by Crippen LogP contribution is -2.43. The summed E-state index contributed by atoms with van der Waals surface area (Å²) < 4.78 is 0. The van der Waals surface area contributed by atoms with E-state index in [0.717, 1.165) is 22.5 Å². The van der Waals surface area contributed by atoms with Crippen molar-refractivity contribution in [3.8, 4) is 0 Å². The molecule has 0 spiro atoms. The molecule has 0 saturated heterocycles. The molecule has 1 atom stereocenters. The zero-order valence-corrected chi connectivity index (χ0v) is 14.4. The minimum absolute atomic E-state index is 0.0180. The van der Waals surface area contributed by atoms with Crippen molar-refractivity contribution in [3.05, 3.63) is 65.7 Å². The molecule has 1 aliphatic rings. The average Bonchev–Trinajstić information content (AvgIpc) is 2.72. The van der Waals surface area contributed by atoms with Gasteiger partial charge in [-0.2, -0.15) is 0 Å². The fraction of sp³-hybridized carbons (Fsp3) is 0.250. The first-order valence-electron chi connectivity index (χ1n) is 8.32. The lowest BCUT2D eigenvalue weighted by Gasteiger charge is -2.23. The number of fused-ring (bicyclic) bond motifs is 1. The van der Waals surface area contributed by atoms with E-state index in [2.05, 4.69) is 10.3 Å². The highest BCUT2D eigenvalue weighted by atomic mass is 16.2. The van der Waals surface area contributed by atoms with Crippen LogP contribution in [0, 0.1) is 0 Å². The molecule has 5 heteroatoms. The van der Waals surface area contributed by atoms with E-state index < -0.39 is 6.04 Å². The molecule has 1 N–H and O–H groups in total. The fourth-order valence-corrected chi connectivity index (χ4v) is 2.93. The first-order chi connectivity index (χ1) is 12.1. The van der Waals surface area contributed by atoms with Gasteiger partial charge in [0.15, 0.2) is 0 Å². The van der Waals surface area contributed by atoms with Crippen LogP contribution in [0.3, 0.4) is 0 Å². The zero-order chi connectivity index (χ0) is 17.8.